The summed E-state index contributed by atoms with van der Waals surface area (Å²) < 4.78 is 28.6. The Hall–Kier alpha value is -0.480. The number of rotatable bonds is 4. The van der Waals surface area contributed by atoms with Crippen molar-refractivity contribution in [2.75, 3.05) is 0 Å². The van der Waals surface area contributed by atoms with E-state index < -0.39 is 17.6 Å². The molecular formula is C26H42F2O2. The first-order chi connectivity index (χ1) is 13.8. The van der Waals surface area contributed by atoms with Crippen molar-refractivity contribution in [1.82, 2.24) is 0 Å². The molecule has 0 aromatic rings. The minimum absolute atomic E-state index is 0.0730. The van der Waals surface area contributed by atoms with Crippen LogP contribution >= 0.6 is 0 Å². The molecule has 30 heavy (non-hydrogen) atoms. The van der Waals surface area contributed by atoms with Crippen molar-refractivity contribution < 1.29 is 19.0 Å². The van der Waals surface area contributed by atoms with Gasteiger partial charge >= 0.3 is 0 Å². The van der Waals surface area contributed by atoms with Crippen LogP contribution in [-0.4, -0.2) is 27.8 Å². The summed E-state index contributed by atoms with van der Waals surface area (Å²) in [5.41, 5.74) is 1.25. The summed E-state index contributed by atoms with van der Waals surface area (Å²) in [6, 6.07) is 0. The third-order valence-corrected chi connectivity index (χ3v) is 10.3. The molecule has 0 heterocycles. The zero-order valence-electron chi connectivity index (χ0n) is 19.6. The van der Waals surface area contributed by atoms with Gasteiger partial charge in [0.15, 0.2) is 0 Å². The fourth-order valence-corrected chi connectivity index (χ4v) is 8.52. The molecule has 1 unspecified atom stereocenters. The van der Waals surface area contributed by atoms with Gasteiger partial charge in [0.1, 0.15) is 6.10 Å². The summed E-state index contributed by atoms with van der Waals surface area (Å²) >= 11 is 0. The third-order valence-electron chi connectivity index (χ3n) is 10.3. The van der Waals surface area contributed by atoms with Crippen LogP contribution < -0.4 is 0 Å². The van der Waals surface area contributed by atoms with Gasteiger partial charge in [0.25, 0.3) is 5.92 Å². The Labute approximate surface area is 181 Å². The number of fused-ring (bicyclic) bond motifs is 5. The Morgan fingerprint density at radius 2 is 1.77 bits per heavy atom. The van der Waals surface area contributed by atoms with Gasteiger partial charge in [-0.3, -0.25) is 0 Å². The van der Waals surface area contributed by atoms with Crippen molar-refractivity contribution in [2.45, 2.75) is 110 Å². The van der Waals surface area contributed by atoms with Gasteiger partial charge in [-0.15, -0.1) is 0 Å². The highest BCUT2D eigenvalue weighted by atomic mass is 19.3. The monoisotopic (exact) mass is 424 g/mol. The Morgan fingerprint density at radius 3 is 2.43 bits per heavy atom. The molecule has 0 spiro atoms. The zero-order chi connectivity index (χ0) is 22.1. The van der Waals surface area contributed by atoms with Crippen molar-refractivity contribution in [3.05, 3.63) is 11.6 Å². The highest BCUT2D eigenvalue weighted by molar-refractivity contribution is 5.26. The highest BCUT2D eigenvalue weighted by Gasteiger charge is 2.60. The molecule has 4 rings (SSSR count). The zero-order valence-corrected chi connectivity index (χ0v) is 19.6. The van der Waals surface area contributed by atoms with Crippen LogP contribution in [0.5, 0.6) is 0 Å². The largest absolute Gasteiger partial charge is 0.390 e. The quantitative estimate of drug-likeness (QED) is 0.516. The van der Waals surface area contributed by atoms with Gasteiger partial charge in [0.2, 0.25) is 0 Å². The molecule has 0 aliphatic heterocycles. The highest BCUT2D eigenvalue weighted by Crippen LogP contribution is 2.67. The third kappa shape index (κ3) is 3.49. The minimum atomic E-state index is -3.00. The summed E-state index contributed by atoms with van der Waals surface area (Å²) in [5, 5.41) is 20.1. The molecule has 0 aromatic heterocycles. The molecule has 0 amide bonds. The van der Waals surface area contributed by atoms with Crippen molar-refractivity contribution in [1.29, 1.82) is 0 Å². The number of aliphatic hydroxyl groups excluding tert-OH is 1. The molecule has 3 saturated carbocycles. The lowest BCUT2D eigenvalue weighted by Crippen LogP contribution is -2.52. The van der Waals surface area contributed by atoms with Crippen LogP contribution in [0.25, 0.3) is 0 Å². The first-order valence-corrected chi connectivity index (χ1v) is 12.3. The smallest absolute Gasteiger partial charge is 0.273 e. The van der Waals surface area contributed by atoms with E-state index in [-0.39, 0.29) is 23.2 Å². The molecule has 0 bridgehead atoms. The Balaban J connectivity index is 1.55. The van der Waals surface area contributed by atoms with Crippen LogP contribution in [0, 0.1) is 40.4 Å². The van der Waals surface area contributed by atoms with E-state index in [1.54, 1.807) is 0 Å². The average molecular weight is 425 g/mol. The van der Waals surface area contributed by atoms with Crippen molar-refractivity contribution >= 4 is 0 Å². The van der Waals surface area contributed by atoms with Gasteiger partial charge in [-0.25, -0.2) is 8.78 Å². The summed E-state index contributed by atoms with van der Waals surface area (Å²) in [6.07, 6.45) is 9.02. The second kappa shape index (κ2) is 7.27. The maximum atomic E-state index is 14.3. The molecule has 4 heteroatoms. The van der Waals surface area contributed by atoms with Crippen LogP contribution in [0.15, 0.2) is 11.6 Å². The molecule has 4 aliphatic carbocycles. The Morgan fingerprint density at radius 1 is 1.07 bits per heavy atom. The van der Waals surface area contributed by atoms with E-state index in [4.69, 9.17) is 0 Å². The summed E-state index contributed by atoms with van der Waals surface area (Å²) in [4.78, 5) is 0. The van der Waals surface area contributed by atoms with E-state index in [2.05, 4.69) is 19.9 Å². The lowest BCUT2D eigenvalue weighted by Gasteiger charge is -2.59. The van der Waals surface area contributed by atoms with E-state index in [0.717, 1.165) is 44.9 Å². The number of hydrogen-bond donors (Lipinski definition) is 2. The van der Waals surface area contributed by atoms with E-state index >= 15 is 0 Å². The second-order valence-electron chi connectivity index (χ2n) is 12.3. The molecule has 0 aromatic carbocycles. The number of aliphatic hydroxyl groups is 2. The molecule has 4 aliphatic rings. The molecule has 2 N–H and O–H groups in total. The lowest BCUT2D eigenvalue weighted by atomic mass is 9.46. The standard InChI is InChI=1S/C26H42F2O2/c1-16(14-26(27,28)17(2)29)20-8-9-21-19-7-6-18-15-23(3,30)12-13-24(18,4)22(19)10-11-25(20,21)5/h6,16-17,19-22,29-30H,7-15H2,1-5H3/t16-,17?,19+,20-,21+,22+,23+,24+,25-/m1/s1. The fourth-order valence-electron chi connectivity index (χ4n) is 8.52. The normalized spacial score (nSPS) is 48.2. The van der Waals surface area contributed by atoms with Gasteiger partial charge in [0, 0.05) is 6.42 Å². The van der Waals surface area contributed by atoms with E-state index in [1.165, 1.54) is 18.9 Å². The van der Waals surface area contributed by atoms with Gasteiger partial charge in [-0.05, 0) is 106 Å². The van der Waals surface area contributed by atoms with E-state index in [1.807, 2.05) is 13.8 Å². The van der Waals surface area contributed by atoms with Crippen LogP contribution in [0.4, 0.5) is 8.78 Å². The van der Waals surface area contributed by atoms with Gasteiger partial charge in [0.05, 0.1) is 5.60 Å². The van der Waals surface area contributed by atoms with Crippen molar-refractivity contribution in [3.63, 3.8) is 0 Å². The van der Waals surface area contributed by atoms with Gasteiger partial charge < -0.3 is 10.2 Å². The molecular weight excluding hydrogens is 382 g/mol. The summed E-state index contributed by atoms with van der Waals surface area (Å²) in [7, 11) is 0. The van der Waals surface area contributed by atoms with Crippen LogP contribution in [-0.2, 0) is 0 Å². The molecule has 172 valence electrons. The predicted molar refractivity (Wildman–Crippen MR) is 116 cm³/mol. The van der Waals surface area contributed by atoms with Crippen molar-refractivity contribution in [3.8, 4) is 0 Å². The first kappa shape index (κ1) is 22.7. The maximum Gasteiger partial charge on any atom is 0.273 e. The number of hydrogen-bond acceptors (Lipinski definition) is 2. The number of allylic oxidation sites excluding steroid dienone is 1. The SMILES string of the molecule is CC(O)C(F)(F)C[C@@H](C)[C@H]1CC[C@H]2[C@@H]3CC=C4C[C@@](C)(O)CC[C@]4(C)[C@H]3CC[C@]12C. The summed E-state index contributed by atoms with van der Waals surface area (Å²) in [5.74, 6) is -0.829. The van der Waals surface area contributed by atoms with Crippen LogP contribution in [0.1, 0.15) is 92.4 Å². The van der Waals surface area contributed by atoms with Gasteiger partial charge in [-0.2, -0.15) is 0 Å². The maximum absolute atomic E-state index is 14.3. The Bertz CT molecular complexity index is 699. The molecule has 2 nitrogen and oxygen atoms in total. The number of halogens is 2. The minimum Gasteiger partial charge on any atom is -0.390 e. The van der Waals surface area contributed by atoms with Crippen molar-refractivity contribution in [2.24, 2.45) is 40.4 Å². The predicted octanol–water partition coefficient (Wildman–Crippen LogP) is 6.36. The number of alkyl halides is 2. The van der Waals surface area contributed by atoms with Gasteiger partial charge in [-0.1, -0.05) is 32.4 Å². The van der Waals surface area contributed by atoms with Crippen LogP contribution in [0.3, 0.4) is 0 Å². The average Bonchev–Trinajstić information content (AvgIpc) is 2.99. The molecule has 9 atom stereocenters. The Kier molecular flexibility index (Phi) is 5.50. The topological polar surface area (TPSA) is 40.5 Å². The second-order valence-corrected chi connectivity index (χ2v) is 12.3. The molecule has 3 fully saturated rings. The van der Waals surface area contributed by atoms with E-state index in [0.29, 0.717) is 23.7 Å². The lowest BCUT2D eigenvalue weighted by molar-refractivity contribution is -0.125. The first-order valence-electron chi connectivity index (χ1n) is 12.3. The molecule has 0 saturated heterocycles. The molecule has 0 radical (unpaired) electrons. The van der Waals surface area contributed by atoms with Crippen LogP contribution in [0.2, 0.25) is 0 Å². The summed E-state index contributed by atoms with van der Waals surface area (Å²) in [6.45, 7) is 10.0. The van der Waals surface area contributed by atoms with E-state index in [9.17, 15) is 19.0 Å². The fraction of sp³-hybridized carbons (Fsp3) is 0.923.